The van der Waals surface area contributed by atoms with Crippen molar-refractivity contribution in [1.29, 1.82) is 0 Å². The molecule has 1 nitrogen and oxygen atoms in total. The summed E-state index contributed by atoms with van der Waals surface area (Å²) in [5.41, 5.74) is 1.33. The molecule has 0 aliphatic carbocycles. The molecule has 0 N–H and O–H groups in total. The maximum absolute atomic E-state index is 5.16. The van der Waals surface area contributed by atoms with Gasteiger partial charge in [-0.2, -0.15) is 0 Å². The van der Waals surface area contributed by atoms with Crippen LogP contribution in [0.15, 0.2) is 11.2 Å². The van der Waals surface area contributed by atoms with Crippen LogP contribution >= 0.6 is 0 Å². The van der Waals surface area contributed by atoms with Crippen molar-refractivity contribution >= 4 is 20.3 Å². The average molecular weight is 118 g/mol. The van der Waals surface area contributed by atoms with E-state index >= 15 is 0 Å². The molecule has 0 saturated carbocycles. The fourth-order valence-electron chi connectivity index (χ4n) is 0.817. The van der Waals surface area contributed by atoms with E-state index in [2.05, 4.69) is 20.4 Å². The van der Waals surface area contributed by atoms with Gasteiger partial charge in [0.15, 0.2) is 0 Å². The predicted octanol–water partition coefficient (Wildman–Crippen LogP) is 0.709. The summed E-state index contributed by atoms with van der Waals surface area (Å²) in [4.78, 5) is 0. The van der Waals surface area contributed by atoms with E-state index in [1.165, 1.54) is 5.47 Å². The molecule has 0 atom stereocenters. The number of hydrogen-bond donors (Lipinski definition) is 0. The Morgan fingerprint density at radius 2 is 2.11 bits per heavy atom. The van der Waals surface area contributed by atoms with Gasteiger partial charge in [-0.3, -0.25) is 0 Å². The van der Waals surface area contributed by atoms with Crippen molar-refractivity contribution in [2.45, 2.75) is 20.7 Å². The molecular formula is C5H9B3O. The summed E-state index contributed by atoms with van der Waals surface area (Å²) in [6, 6.07) is 0. The summed E-state index contributed by atoms with van der Waals surface area (Å²) in [5.74, 6) is 1.05. The maximum atomic E-state index is 5.16. The number of rotatable bonds is 0. The zero-order chi connectivity index (χ0) is 6.85. The quantitative estimate of drug-likeness (QED) is 0.425. The fourth-order valence-corrected chi connectivity index (χ4v) is 0.817. The summed E-state index contributed by atoms with van der Waals surface area (Å²) in [6.45, 7) is 8.87. The van der Waals surface area contributed by atoms with Gasteiger partial charge in [0.05, 0.1) is 0 Å². The van der Waals surface area contributed by atoms with Gasteiger partial charge in [-0.25, -0.2) is 0 Å². The van der Waals surface area contributed by atoms with Crippen LogP contribution in [0.25, 0.3) is 0 Å². The zero-order valence-electron chi connectivity index (χ0n) is 6.14. The van der Waals surface area contributed by atoms with Crippen LogP contribution in [0.3, 0.4) is 0 Å². The molecule has 0 amide bonds. The van der Waals surface area contributed by atoms with Crippen LogP contribution in [0, 0.1) is 0 Å². The van der Waals surface area contributed by atoms with Crippen LogP contribution in [0.5, 0.6) is 0 Å². The first-order valence-electron chi connectivity index (χ1n) is 3.22. The Kier molecular flexibility index (Phi) is 1.94. The van der Waals surface area contributed by atoms with Crippen LogP contribution in [-0.2, 0) is 4.65 Å². The first kappa shape index (κ1) is 6.85. The minimum absolute atomic E-state index is 0.554. The topological polar surface area (TPSA) is 9.23 Å². The summed E-state index contributed by atoms with van der Waals surface area (Å²) < 4.78 is 5.16. The summed E-state index contributed by atoms with van der Waals surface area (Å²) in [6.07, 6.45) is 0. The van der Waals surface area contributed by atoms with E-state index in [1.54, 1.807) is 7.00 Å². The van der Waals surface area contributed by atoms with Crippen molar-refractivity contribution in [3.05, 3.63) is 11.2 Å². The summed E-state index contributed by atoms with van der Waals surface area (Å²) in [7, 11) is 1.76. The fraction of sp³-hybridized carbons (Fsp3) is 0.600. The Labute approximate surface area is 57.7 Å². The van der Waals surface area contributed by atoms with Crippen LogP contribution in [0.1, 0.15) is 13.8 Å². The van der Waals surface area contributed by atoms with Crippen LogP contribution in [0.2, 0.25) is 6.82 Å². The first-order valence-corrected chi connectivity index (χ1v) is 3.22. The molecule has 0 aromatic heterocycles. The molecule has 0 saturated heterocycles. The first-order chi connectivity index (χ1) is 4.22. The molecule has 44 valence electrons. The van der Waals surface area contributed by atoms with Crippen molar-refractivity contribution in [2.24, 2.45) is 0 Å². The van der Waals surface area contributed by atoms with Gasteiger partial charge in [0.1, 0.15) is 0 Å². The molecule has 4 heteroatoms. The second-order valence-corrected chi connectivity index (χ2v) is 2.47. The van der Waals surface area contributed by atoms with Crippen molar-refractivity contribution < 1.29 is 4.65 Å². The van der Waals surface area contributed by atoms with Crippen molar-refractivity contribution in [3.8, 4) is 0 Å². The summed E-state index contributed by atoms with van der Waals surface area (Å²) in [5, 5.41) is 0. The minimum atomic E-state index is 0.554. The molecule has 0 bridgehead atoms. The molecule has 1 rings (SSSR count). The normalized spacial score (nSPS) is 16.6. The standard InChI is InChI=1S/C5H9B3O/c1-4-5(2)9-7-6-8(4)3/h1-3H3. The van der Waals surface area contributed by atoms with Gasteiger partial charge < -0.3 is 0 Å². The van der Waals surface area contributed by atoms with E-state index in [9.17, 15) is 0 Å². The zero-order valence-corrected chi connectivity index (χ0v) is 6.14. The molecule has 0 aromatic carbocycles. The second kappa shape index (κ2) is 2.55. The summed E-state index contributed by atoms with van der Waals surface area (Å²) >= 11 is 0. The van der Waals surface area contributed by atoms with E-state index in [-0.39, 0.29) is 0 Å². The third-order valence-corrected chi connectivity index (χ3v) is 1.85. The molecule has 0 aromatic rings. The molecule has 0 spiro atoms. The number of allylic oxidation sites excluding steroid dienone is 2. The Morgan fingerprint density at radius 1 is 1.44 bits per heavy atom. The third kappa shape index (κ3) is 1.35. The molecule has 1 aliphatic heterocycles. The van der Waals surface area contributed by atoms with Crippen LogP contribution < -0.4 is 0 Å². The second-order valence-electron chi connectivity index (χ2n) is 2.47. The average Bonchev–Trinajstić information content (AvgIpc) is 1.83. The molecule has 1 heterocycles. The Hall–Kier alpha value is -0.265. The van der Waals surface area contributed by atoms with E-state index < -0.39 is 0 Å². The van der Waals surface area contributed by atoms with Gasteiger partial charge in [-0.15, -0.1) is 0 Å². The molecule has 0 fully saturated rings. The molecule has 9 heavy (non-hydrogen) atoms. The van der Waals surface area contributed by atoms with Crippen LogP contribution in [0.4, 0.5) is 0 Å². The van der Waals surface area contributed by atoms with E-state index in [4.69, 9.17) is 4.65 Å². The monoisotopic (exact) mass is 118 g/mol. The van der Waals surface area contributed by atoms with Gasteiger partial charge in [0.2, 0.25) is 0 Å². The van der Waals surface area contributed by atoms with Gasteiger partial charge in [-0.1, -0.05) is 0 Å². The van der Waals surface area contributed by atoms with Crippen molar-refractivity contribution in [3.63, 3.8) is 0 Å². The SMILES string of the molecule is CB1B=BOC(C)=C1C. The third-order valence-electron chi connectivity index (χ3n) is 1.85. The van der Waals surface area contributed by atoms with E-state index in [1.807, 2.05) is 6.92 Å². The Morgan fingerprint density at radius 3 is 2.56 bits per heavy atom. The Balaban J connectivity index is 2.79. The van der Waals surface area contributed by atoms with Crippen molar-refractivity contribution in [2.75, 3.05) is 0 Å². The number of hydrogen-bond acceptors (Lipinski definition) is 1. The van der Waals surface area contributed by atoms with E-state index in [0.29, 0.717) is 6.60 Å². The van der Waals surface area contributed by atoms with Gasteiger partial charge >= 0.3 is 56.9 Å². The predicted molar refractivity (Wildman–Crippen MR) is 42.6 cm³/mol. The van der Waals surface area contributed by atoms with E-state index in [0.717, 1.165) is 5.76 Å². The molecule has 0 radical (unpaired) electrons. The molecule has 1 aliphatic rings. The van der Waals surface area contributed by atoms with Crippen molar-refractivity contribution in [1.82, 2.24) is 0 Å². The van der Waals surface area contributed by atoms with Gasteiger partial charge in [0, 0.05) is 0 Å². The molecular weight excluding hydrogens is 108 g/mol. The molecule has 0 unspecified atom stereocenters. The van der Waals surface area contributed by atoms with Gasteiger partial charge in [0.25, 0.3) is 0 Å². The van der Waals surface area contributed by atoms with Gasteiger partial charge in [-0.05, 0) is 0 Å². The van der Waals surface area contributed by atoms with Crippen LogP contribution in [-0.4, -0.2) is 20.3 Å². The Bertz CT molecular complexity index is 173.